The van der Waals surface area contributed by atoms with Gasteiger partial charge in [-0.05, 0) is 85.5 Å². The summed E-state index contributed by atoms with van der Waals surface area (Å²) >= 11 is 0. The van der Waals surface area contributed by atoms with Gasteiger partial charge in [-0.25, -0.2) is 0 Å². The first-order chi connectivity index (χ1) is 32.3. The van der Waals surface area contributed by atoms with Crippen LogP contribution in [0.4, 0.5) is 0 Å². The molecule has 1 aromatic heterocycles. The van der Waals surface area contributed by atoms with E-state index in [1.165, 1.54) is 48.1 Å². The molecule has 0 atom stereocenters. The van der Waals surface area contributed by atoms with E-state index in [2.05, 4.69) is 241 Å². The van der Waals surface area contributed by atoms with Gasteiger partial charge in [0.05, 0.1) is 16.7 Å². The van der Waals surface area contributed by atoms with Crippen molar-refractivity contribution in [1.29, 1.82) is 0 Å². The van der Waals surface area contributed by atoms with Crippen LogP contribution in [0.15, 0.2) is 243 Å². The summed E-state index contributed by atoms with van der Waals surface area (Å²) in [5, 5.41) is 7.83. The molecule has 0 amide bonds. The van der Waals surface area contributed by atoms with Gasteiger partial charge < -0.3 is 14.0 Å². The SMILES string of the molecule is c1ccc([Si](c2ccccc2)(c2ccccc2)c2ccccc2-c2ccc3c(c2)OB2c4ccccc4Oc4cc(-c5ccccc5-n5c6ccccc6c6ccccc65)cc-3c42)cc1. The molecule has 65 heavy (non-hydrogen) atoms. The third-order valence-corrected chi connectivity index (χ3v) is 18.5. The first kappa shape index (κ1) is 37.4. The molecule has 3 nitrogen and oxygen atoms in total. The van der Waals surface area contributed by atoms with E-state index in [4.69, 9.17) is 9.39 Å². The van der Waals surface area contributed by atoms with Crippen LogP contribution in [0.5, 0.6) is 17.2 Å². The molecule has 0 aliphatic carbocycles. The molecule has 0 N–H and O–H groups in total. The number of rotatable bonds is 7. The van der Waals surface area contributed by atoms with Crippen molar-refractivity contribution in [3.8, 4) is 56.3 Å². The van der Waals surface area contributed by atoms with Crippen LogP contribution in [0.1, 0.15) is 0 Å². The third kappa shape index (κ3) is 5.76. The molecule has 0 saturated carbocycles. The van der Waals surface area contributed by atoms with Crippen LogP contribution in [-0.2, 0) is 0 Å². The maximum atomic E-state index is 7.26. The molecule has 304 valence electrons. The lowest BCUT2D eigenvalue weighted by atomic mass is 9.50. The van der Waals surface area contributed by atoms with Gasteiger partial charge in [-0.15, -0.1) is 0 Å². The molecule has 13 rings (SSSR count). The fraction of sp³-hybridized carbons (Fsp3) is 0. The lowest BCUT2D eigenvalue weighted by Gasteiger charge is -2.36. The highest BCUT2D eigenvalue weighted by atomic mass is 28.3. The molecule has 0 fully saturated rings. The van der Waals surface area contributed by atoms with Crippen molar-refractivity contribution in [2.24, 2.45) is 0 Å². The molecule has 5 heteroatoms. The van der Waals surface area contributed by atoms with E-state index in [1.807, 2.05) is 6.07 Å². The van der Waals surface area contributed by atoms with Gasteiger partial charge in [0.1, 0.15) is 17.2 Å². The molecule has 11 aromatic rings. The Morgan fingerprint density at radius 2 is 0.908 bits per heavy atom. The lowest BCUT2D eigenvalue weighted by molar-refractivity contribution is 0.479. The number of nitrogens with zero attached hydrogens (tertiary/aromatic N) is 1. The lowest BCUT2D eigenvalue weighted by Crippen LogP contribution is -2.75. The maximum Gasteiger partial charge on any atom is 0.434 e. The predicted octanol–water partition coefficient (Wildman–Crippen LogP) is 10.8. The summed E-state index contributed by atoms with van der Waals surface area (Å²) in [7, 11) is -2.85. The molecule has 10 aromatic carbocycles. The minimum atomic E-state index is -2.85. The topological polar surface area (TPSA) is 23.4 Å². The molecule has 0 saturated heterocycles. The van der Waals surface area contributed by atoms with Gasteiger partial charge in [-0.3, -0.25) is 0 Å². The van der Waals surface area contributed by atoms with Crippen LogP contribution >= 0.6 is 0 Å². The van der Waals surface area contributed by atoms with Gasteiger partial charge in [0.15, 0.2) is 8.07 Å². The smallest absolute Gasteiger partial charge is 0.434 e. The standard InChI is InChI=1S/C60H40BNO2Si/c1-4-20-43(21-5-1)65(44-22-6-2-7-23-44,45-24-8-3-9-25-45)59-35-19-13-27-47(59)41-36-37-50-51-38-42(40-58-60(51)61(64-57(50)39-41)52-30-14-18-34-56(52)63-58)46-26-10-15-31-53(46)62-54-32-16-11-28-48(54)49-29-12-17-33-55(49)62/h1-40H. The Morgan fingerprint density at radius 1 is 0.369 bits per heavy atom. The number of hydrogen-bond donors (Lipinski definition) is 0. The summed E-state index contributed by atoms with van der Waals surface area (Å²) in [5.41, 5.74) is 12.3. The zero-order valence-electron chi connectivity index (χ0n) is 35.4. The number of aromatic nitrogens is 1. The Morgan fingerprint density at radius 3 is 1.58 bits per heavy atom. The zero-order valence-corrected chi connectivity index (χ0v) is 36.4. The van der Waals surface area contributed by atoms with Gasteiger partial charge in [-0.1, -0.05) is 200 Å². The van der Waals surface area contributed by atoms with Gasteiger partial charge in [-0.2, -0.15) is 0 Å². The van der Waals surface area contributed by atoms with Crippen molar-refractivity contribution in [2.75, 3.05) is 0 Å². The highest BCUT2D eigenvalue weighted by Gasteiger charge is 2.44. The summed E-state index contributed by atoms with van der Waals surface area (Å²) < 4.78 is 16.5. The summed E-state index contributed by atoms with van der Waals surface area (Å²) in [6.07, 6.45) is 0. The monoisotopic (exact) mass is 845 g/mol. The zero-order chi connectivity index (χ0) is 42.9. The molecular formula is C60H40BNO2Si. The van der Waals surface area contributed by atoms with Crippen molar-refractivity contribution in [2.45, 2.75) is 0 Å². The van der Waals surface area contributed by atoms with Crippen LogP contribution in [0, 0.1) is 0 Å². The van der Waals surface area contributed by atoms with Gasteiger partial charge in [0.25, 0.3) is 0 Å². The summed E-state index contributed by atoms with van der Waals surface area (Å²) in [4.78, 5) is 0. The van der Waals surface area contributed by atoms with Crippen molar-refractivity contribution in [3.05, 3.63) is 243 Å². The average Bonchev–Trinajstić information content (AvgIpc) is 3.72. The summed E-state index contributed by atoms with van der Waals surface area (Å²) in [6.45, 7) is -0.337. The van der Waals surface area contributed by atoms with Crippen molar-refractivity contribution in [3.63, 3.8) is 0 Å². The summed E-state index contributed by atoms with van der Waals surface area (Å²) in [5.74, 6) is 2.50. The molecule has 2 aliphatic heterocycles. The maximum absolute atomic E-state index is 7.26. The first-order valence-corrected chi connectivity index (χ1v) is 24.4. The first-order valence-electron chi connectivity index (χ1n) is 22.4. The number of fused-ring (bicyclic) bond motifs is 7. The van der Waals surface area contributed by atoms with E-state index < -0.39 is 8.07 Å². The molecular weight excluding hydrogens is 806 g/mol. The second-order valence-corrected chi connectivity index (χ2v) is 20.8. The fourth-order valence-corrected chi connectivity index (χ4v) is 15.9. The van der Waals surface area contributed by atoms with E-state index in [-0.39, 0.29) is 6.92 Å². The van der Waals surface area contributed by atoms with E-state index >= 15 is 0 Å². The molecule has 3 heterocycles. The Bertz CT molecular complexity index is 3470. The number of para-hydroxylation sites is 4. The molecule has 0 unspecified atom stereocenters. The second-order valence-electron chi connectivity index (χ2n) is 17.1. The van der Waals surface area contributed by atoms with Crippen LogP contribution < -0.4 is 41.1 Å². The van der Waals surface area contributed by atoms with E-state index in [0.717, 1.165) is 61.7 Å². The average molecular weight is 846 g/mol. The Labute approximate surface area is 379 Å². The quantitative estimate of drug-likeness (QED) is 0.118. The van der Waals surface area contributed by atoms with E-state index in [1.54, 1.807) is 0 Å². The fourth-order valence-electron chi connectivity index (χ4n) is 10.9. The Kier molecular flexibility index (Phi) is 8.65. The minimum absolute atomic E-state index is 0.337. The number of ether oxygens (including phenoxy) is 1. The number of benzene rings is 10. The predicted molar refractivity (Wildman–Crippen MR) is 273 cm³/mol. The van der Waals surface area contributed by atoms with Crippen LogP contribution in [0.2, 0.25) is 0 Å². The molecule has 0 radical (unpaired) electrons. The molecule has 2 aliphatic rings. The van der Waals surface area contributed by atoms with Gasteiger partial charge in [0.2, 0.25) is 0 Å². The minimum Gasteiger partial charge on any atom is -0.551 e. The Balaban J connectivity index is 1.02. The van der Waals surface area contributed by atoms with Crippen molar-refractivity contribution in [1.82, 2.24) is 4.57 Å². The van der Waals surface area contributed by atoms with Crippen molar-refractivity contribution < 1.29 is 9.39 Å². The Hall–Kier alpha value is -8.12. The van der Waals surface area contributed by atoms with Crippen LogP contribution in [0.3, 0.4) is 0 Å². The van der Waals surface area contributed by atoms with Crippen LogP contribution in [0.25, 0.3) is 60.9 Å². The third-order valence-electron chi connectivity index (χ3n) is 13.6. The number of hydrogen-bond acceptors (Lipinski definition) is 2. The normalized spacial score (nSPS) is 12.5. The van der Waals surface area contributed by atoms with Gasteiger partial charge >= 0.3 is 6.92 Å². The van der Waals surface area contributed by atoms with Crippen molar-refractivity contribution >= 4 is 68.5 Å². The van der Waals surface area contributed by atoms with E-state index in [9.17, 15) is 0 Å². The van der Waals surface area contributed by atoms with E-state index in [0.29, 0.717) is 0 Å². The second kappa shape index (κ2) is 15.0. The summed E-state index contributed by atoms with van der Waals surface area (Å²) in [6, 6.07) is 88.4. The van der Waals surface area contributed by atoms with Crippen LogP contribution in [-0.4, -0.2) is 19.6 Å². The highest BCUT2D eigenvalue weighted by molar-refractivity contribution is 7.20. The highest BCUT2D eigenvalue weighted by Crippen LogP contribution is 2.44. The molecule has 0 spiro atoms. The molecule has 0 bridgehead atoms. The van der Waals surface area contributed by atoms with Gasteiger partial charge in [0, 0.05) is 32.8 Å². The largest absolute Gasteiger partial charge is 0.551 e.